The zero-order valence-corrected chi connectivity index (χ0v) is 12.9. The van der Waals surface area contributed by atoms with Gasteiger partial charge >= 0.3 is 5.97 Å². The Balaban J connectivity index is 2.27. The first kappa shape index (κ1) is 17.5. The molecule has 0 aromatic heterocycles. The summed E-state index contributed by atoms with van der Waals surface area (Å²) in [5.74, 6) is -0.229. The Hall–Kier alpha value is -1.59. The van der Waals surface area contributed by atoms with E-state index in [1.807, 2.05) is 0 Å². The monoisotopic (exact) mass is 298 g/mol. The first-order valence-corrected chi connectivity index (χ1v) is 7.66. The molecule has 0 radical (unpaired) electrons. The number of hydrogen-bond acceptors (Lipinski definition) is 3. The molecular formula is C15H26N2O4. The van der Waals surface area contributed by atoms with Gasteiger partial charge in [0.1, 0.15) is 0 Å². The average Bonchev–Trinajstić information content (AvgIpc) is 2.42. The maximum absolute atomic E-state index is 12.0. The summed E-state index contributed by atoms with van der Waals surface area (Å²) >= 11 is 0. The van der Waals surface area contributed by atoms with Gasteiger partial charge in [0.05, 0.1) is 5.92 Å². The molecule has 1 heterocycles. The van der Waals surface area contributed by atoms with E-state index in [1.165, 1.54) is 0 Å². The van der Waals surface area contributed by atoms with Crippen molar-refractivity contribution in [3.63, 3.8) is 0 Å². The van der Waals surface area contributed by atoms with Gasteiger partial charge < -0.3 is 15.7 Å². The normalized spacial score (nSPS) is 20.0. The highest BCUT2D eigenvalue weighted by atomic mass is 16.4. The number of amides is 2. The van der Waals surface area contributed by atoms with Gasteiger partial charge in [-0.2, -0.15) is 0 Å². The van der Waals surface area contributed by atoms with Crippen molar-refractivity contribution in [2.24, 2.45) is 17.8 Å². The van der Waals surface area contributed by atoms with Crippen LogP contribution >= 0.6 is 0 Å². The standard InChI is InChI=1S/C15H26N2O4/c1-10(2)11(4-6-14(19)20)7-8-16-15(21)12-3-5-13(18)17-9-12/h10-12H,3-9H2,1-2H3,(H,16,21)(H,17,18)(H,19,20). The molecule has 0 spiro atoms. The minimum Gasteiger partial charge on any atom is -0.481 e. The second-order valence-corrected chi connectivity index (χ2v) is 6.06. The smallest absolute Gasteiger partial charge is 0.303 e. The quantitative estimate of drug-likeness (QED) is 0.626. The lowest BCUT2D eigenvalue weighted by Gasteiger charge is -2.23. The van der Waals surface area contributed by atoms with Gasteiger partial charge in [-0.25, -0.2) is 0 Å². The maximum atomic E-state index is 12.0. The van der Waals surface area contributed by atoms with Crippen molar-refractivity contribution >= 4 is 17.8 Å². The number of carbonyl (C=O) groups is 3. The third kappa shape index (κ3) is 6.60. The predicted molar refractivity (Wildman–Crippen MR) is 78.6 cm³/mol. The van der Waals surface area contributed by atoms with Crippen LogP contribution in [0.1, 0.15) is 46.0 Å². The first-order chi connectivity index (χ1) is 9.90. The van der Waals surface area contributed by atoms with E-state index >= 15 is 0 Å². The number of aliphatic carboxylic acids is 1. The lowest BCUT2D eigenvalue weighted by atomic mass is 9.88. The molecule has 0 aromatic rings. The topological polar surface area (TPSA) is 95.5 Å². The Morgan fingerprint density at radius 2 is 2.10 bits per heavy atom. The Labute approximate surface area is 125 Å². The summed E-state index contributed by atoms with van der Waals surface area (Å²) in [6.07, 6.45) is 2.61. The second kappa shape index (κ2) is 8.64. The molecule has 3 N–H and O–H groups in total. The van der Waals surface area contributed by atoms with Gasteiger partial charge in [-0.05, 0) is 31.1 Å². The van der Waals surface area contributed by atoms with Crippen LogP contribution in [0, 0.1) is 17.8 Å². The molecule has 2 amide bonds. The van der Waals surface area contributed by atoms with Crippen molar-refractivity contribution < 1.29 is 19.5 Å². The molecule has 0 aliphatic carbocycles. The van der Waals surface area contributed by atoms with Crippen LogP contribution in [-0.4, -0.2) is 36.0 Å². The van der Waals surface area contributed by atoms with Gasteiger partial charge in [0.25, 0.3) is 0 Å². The Morgan fingerprint density at radius 3 is 2.62 bits per heavy atom. The molecule has 1 fully saturated rings. The van der Waals surface area contributed by atoms with E-state index in [9.17, 15) is 14.4 Å². The highest BCUT2D eigenvalue weighted by molar-refractivity contribution is 5.83. The number of carbonyl (C=O) groups excluding carboxylic acids is 2. The molecule has 6 nitrogen and oxygen atoms in total. The van der Waals surface area contributed by atoms with E-state index < -0.39 is 5.97 Å². The molecule has 120 valence electrons. The fourth-order valence-electron chi connectivity index (χ4n) is 2.60. The van der Waals surface area contributed by atoms with Crippen LogP contribution < -0.4 is 10.6 Å². The van der Waals surface area contributed by atoms with Crippen molar-refractivity contribution in [1.29, 1.82) is 0 Å². The maximum Gasteiger partial charge on any atom is 0.303 e. The molecule has 2 unspecified atom stereocenters. The molecular weight excluding hydrogens is 272 g/mol. The molecule has 1 saturated heterocycles. The van der Waals surface area contributed by atoms with Gasteiger partial charge in [-0.15, -0.1) is 0 Å². The highest BCUT2D eigenvalue weighted by Gasteiger charge is 2.24. The van der Waals surface area contributed by atoms with Crippen LogP contribution in [0.3, 0.4) is 0 Å². The van der Waals surface area contributed by atoms with Crippen molar-refractivity contribution in [3.8, 4) is 0 Å². The van der Waals surface area contributed by atoms with Crippen LogP contribution in [0.25, 0.3) is 0 Å². The molecule has 0 bridgehead atoms. The number of piperidine rings is 1. The van der Waals surface area contributed by atoms with E-state index in [1.54, 1.807) is 0 Å². The van der Waals surface area contributed by atoms with E-state index in [2.05, 4.69) is 24.5 Å². The van der Waals surface area contributed by atoms with E-state index in [4.69, 9.17) is 5.11 Å². The van der Waals surface area contributed by atoms with Crippen molar-refractivity contribution in [3.05, 3.63) is 0 Å². The second-order valence-electron chi connectivity index (χ2n) is 6.06. The third-order valence-corrected chi connectivity index (χ3v) is 4.12. The number of carboxylic acid groups (broad SMARTS) is 1. The van der Waals surface area contributed by atoms with E-state index in [0.29, 0.717) is 44.2 Å². The molecule has 2 atom stereocenters. The highest BCUT2D eigenvalue weighted by Crippen LogP contribution is 2.20. The van der Waals surface area contributed by atoms with Gasteiger partial charge in [0.2, 0.25) is 11.8 Å². The van der Waals surface area contributed by atoms with Gasteiger partial charge in [-0.3, -0.25) is 14.4 Å². The van der Waals surface area contributed by atoms with Gasteiger partial charge in [0.15, 0.2) is 0 Å². The summed E-state index contributed by atoms with van der Waals surface area (Å²) in [7, 11) is 0. The molecule has 6 heteroatoms. The van der Waals surface area contributed by atoms with Crippen LogP contribution in [0.5, 0.6) is 0 Å². The van der Waals surface area contributed by atoms with Crippen LogP contribution in [0.15, 0.2) is 0 Å². The summed E-state index contributed by atoms with van der Waals surface area (Å²) in [6.45, 7) is 5.12. The Kier molecular flexibility index (Phi) is 7.19. The lowest BCUT2D eigenvalue weighted by molar-refractivity contribution is -0.137. The molecule has 1 aliphatic rings. The fraction of sp³-hybridized carbons (Fsp3) is 0.800. The predicted octanol–water partition coefficient (Wildman–Crippen LogP) is 1.16. The zero-order valence-electron chi connectivity index (χ0n) is 12.9. The zero-order chi connectivity index (χ0) is 15.8. The number of rotatable bonds is 8. The summed E-state index contributed by atoms with van der Waals surface area (Å²) in [5.41, 5.74) is 0. The summed E-state index contributed by atoms with van der Waals surface area (Å²) in [5, 5.41) is 14.3. The Bertz CT molecular complexity index is 372. The molecule has 1 aliphatic heterocycles. The Morgan fingerprint density at radius 1 is 1.38 bits per heavy atom. The molecule has 0 aromatic carbocycles. The summed E-state index contributed by atoms with van der Waals surface area (Å²) in [6, 6.07) is 0. The molecule has 0 saturated carbocycles. The third-order valence-electron chi connectivity index (χ3n) is 4.12. The number of carboxylic acids is 1. The number of nitrogens with one attached hydrogen (secondary N) is 2. The van der Waals surface area contributed by atoms with Crippen molar-refractivity contribution in [1.82, 2.24) is 10.6 Å². The van der Waals surface area contributed by atoms with E-state index in [0.717, 1.165) is 6.42 Å². The van der Waals surface area contributed by atoms with Crippen molar-refractivity contribution in [2.45, 2.75) is 46.0 Å². The van der Waals surface area contributed by atoms with Crippen LogP contribution in [-0.2, 0) is 14.4 Å². The van der Waals surface area contributed by atoms with Gasteiger partial charge in [-0.1, -0.05) is 13.8 Å². The SMILES string of the molecule is CC(C)C(CCNC(=O)C1CCC(=O)NC1)CCC(=O)O. The summed E-state index contributed by atoms with van der Waals surface area (Å²) < 4.78 is 0. The average molecular weight is 298 g/mol. The molecule has 1 rings (SSSR count). The van der Waals surface area contributed by atoms with Gasteiger partial charge in [0, 0.05) is 25.9 Å². The lowest BCUT2D eigenvalue weighted by Crippen LogP contribution is -2.43. The minimum atomic E-state index is -0.775. The van der Waals surface area contributed by atoms with Crippen LogP contribution in [0.2, 0.25) is 0 Å². The van der Waals surface area contributed by atoms with E-state index in [-0.39, 0.29) is 24.2 Å². The van der Waals surface area contributed by atoms with Crippen molar-refractivity contribution in [2.75, 3.05) is 13.1 Å². The largest absolute Gasteiger partial charge is 0.481 e. The molecule has 21 heavy (non-hydrogen) atoms. The van der Waals surface area contributed by atoms with Crippen LogP contribution in [0.4, 0.5) is 0 Å². The minimum absolute atomic E-state index is 0.00703. The first-order valence-electron chi connectivity index (χ1n) is 7.66. The number of hydrogen-bond donors (Lipinski definition) is 3. The summed E-state index contributed by atoms with van der Waals surface area (Å²) in [4.78, 5) is 33.6. The fourth-order valence-corrected chi connectivity index (χ4v) is 2.60.